The molecule has 0 aromatic heterocycles. The number of rotatable bonds is 3. The Morgan fingerprint density at radius 2 is 1.72 bits per heavy atom. The zero-order valence-corrected chi connectivity index (χ0v) is 17.7. The van der Waals surface area contributed by atoms with Crippen molar-refractivity contribution in [1.29, 1.82) is 5.26 Å². The largest absolute Gasteiger partial charge is 0.339 e. The molecule has 0 N–H and O–H groups in total. The standard InChI is InChI=1S/C24H26ClN3O/c1-17(2)28-16-24(22(28)19-7-9-21(25)10-8-19)11-13-27(14-12-24)23(29)20-5-3-18(15-26)4-6-20/h3-10,17,22H,11-14,16H2,1-2H3. The highest BCUT2D eigenvalue weighted by Crippen LogP contribution is 2.55. The minimum atomic E-state index is 0.0624. The molecule has 1 atom stereocenters. The fourth-order valence-corrected chi connectivity index (χ4v) is 5.03. The zero-order valence-electron chi connectivity index (χ0n) is 16.9. The summed E-state index contributed by atoms with van der Waals surface area (Å²) < 4.78 is 0. The Labute approximate surface area is 177 Å². The second-order valence-corrected chi connectivity index (χ2v) is 9.00. The van der Waals surface area contributed by atoms with Crippen LogP contribution in [-0.2, 0) is 0 Å². The third kappa shape index (κ3) is 3.66. The molecule has 2 aromatic carbocycles. The van der Waals surface area contributed by atoms with Crippen LogP contribution in [0, 0.1) is 16.7 Å². The number of hydrogen-bond donors (Lipinski definition) is 0. The molecule has 2 saturated heterocycles. The average Bonchev–Trinajstić information content (AvgIpc) is 2.73. The molecule has 0 radical (unpaired) electrons. The smallest absolute Gasteiger partial charge is 0.253 e. The van der Waals surface area contributed by atoms with Gasteiger partial charge in [-0.1, -0.05) is 23.7 Å². The van der Waals surface area contributed by atoms with E-state index in [4.69, 9.17) is 16.9 Å². The number of hydrogen-bond acceptors (Lipinski definition) is 3. The summed E-state index contributed by atoms with van der Waals surface area (Å²) in [6, 6.07) is 18.2. The van der Waals surface area contributed by atoms with Crippen LogP contribution in [0.15, 0.2) is 48.5 Å². The normalized spacial score (nSPS) is 21.1. The van der Waals surface area contributed by atoms with Gasteiger partial charge in [-0.05, 0) is 68.7 Å². The molecule has 1 spiro atoms. The lowest BCUT2D eigenvalue weighted by molar-refractivity contribution is -0.124. The van der Waals surface area contributed by atoms with Crippen LogP contribution in [-0.4, -0.2) is 41.4 Å². The quantitative estimate of drug-likeness (QED) is 0.727. The second-order valence-electron chi connectivity index (χ2n) is 8.56. The van der Waals surface area contributed by atoms with Gasteiger partial charge in [-0.3, -0.25) is 9.69 Å². The lowest BCUT2D eigenvalue weighted by Crippen LogP contribution is -2.64. The zero-order chi connectivity index (χ0) is 20.6. The number of halogens is 1. The highest BCUT2D eigenvalue weighted by Gasteiger charge is 2.54. The van der Waals surface area contributed by atoms with Gasteiger partial charge >= 0.3 is 0 Å². The first-order chi connectivity index (χ1) is 13.9. The Bertz CT molecular complexity index is 922. The third-order valence-electron chi connectivity index (χ3n) is 6.57. The van der Waals surface area contributed by atoms with Gasteiger partial charge < -0.3 is 4.90 Å². The Morgan fingerprint density at radius 3 is 2.28 bits per heavy atom. The lowest BCUT2D eigenvalue weighted by atomic mass is 9.62. The van der Waals surface area contributed by atoms with Crippen LogP contribution in [0.25, 0.3) is 0 Å². The fourth-order valence-electron chi connectivity index (χ4n) is 4.91. The molecule has 2 aromatic rings. The summed E-state index contributed by atoms with van der Waals surface area (Å²) in [6.45, 7) is 7.12. The van der Waals surface area contributed by atoms with Gasteiger partial charge in [0.1, 0.15) is 0 Å². The predicted octanol–water partition coefficient (Wildman–Crippen LogP) is 4.90. The van der Waals surface area contributed by atoms with Gasteiger partial charge in [0.15, 0.2) is 0 Å². The Hall–Kier alpha value is -2.35. The van der Waals surface area contributed by atoms with E-state index < -0.39 is 0 Å². The van der Waals surface area contributed by atoms with Crippen LogP contribution >= 0.6 is 11.6 Å². The summed E-state index contributed by atoms with van der Waals surface area (Å²) in [5.74, 6) is 0.0624. The van der Waals surface area contributed by atoms with Gasteiger partial charge in [-0.25, -0.2) is 0 Å². The number of benzene rings is 2. The van der Waals surface area contributed by atoms with Crippen molar-refractivity contribution in [2.45, 2.75) is 38.8 Å². The molecular formula is C24H26ClN3O. The van der Waals surface area contributed by atoms with Crippen LogP contribution in [0.3, 0.4) is 0 Å². The van der Waals surface area contributed by atoms with Gasteiger partial charge in [0.25, 0.3) is 5.91 Å². The van der Waals surface area contributed by atoms with Gasteiger partial charge in [-0.2, -0.15) is 5.26 Å². The summed E-state index contributed by atoms with van der Waals surface area (Å²) in [4.78, 5) is 17.4. The van der Waals surface area contributed by atoms with Crippen LogP contribution in [0.4, 0.5) is 0 Å². The number of amides is 1. The first kappa shape index (κ1) is 19.9. The lowest BCUT2D eigenvalue weighted by Gasteiger charge is -2.62. The molecule has 150 valence electrons. The van der Waals surface area contributed by atoms with Gasteiger partial charge in [-0.15, -0.1) is 0 Å². The molecule has 1 amide bonds. The highest BCUT2D eigenvalue weighted by atomic mass is 35.5. The van der Waals surface area contributed by atoms with Crippen LogP contribution in [0.1, 0.15) is 54.2 Å². The van der Waals surface area contributed by atoms with Crippen molar-refractivity contribution in [2.75, 3.05) is 19.6 Å². The van der Waals surface area contributed by atoms with Crippen LogP contribution < -0.4 is 0 Å². The maximum Gasteiger partial charge on any atom is 0.253 e. The molecule has 4 nitrogen and oxygen atoms in total. The van der Waals surface area contributed by atoms with Gasteiger partial charge in [0.2, 0.25) is 0 Å². The summed E-state index contributed by atoms with van der Waals surface area (Å²) in [5.41, 5.74) is 2.78. The van der Waals surface area contributed by atoms with Crippen molar-refractivity contribution in [3.63, 3.8) is 0 Å². The Morgan fingerprint density at radius 1 is 1.10 bits per heavy atom. The van der Waals surface area contributed by atoms with Crippen molar-refractivity contribution >= 4 is 17.5 Å². The predicted molar refractivity (Wildman–Crippen MR) is 115 cm³/mol. The Balaban J connectivity index is 1.48. The van der Waals surface area contributed by atoms with Crippen LogP contribution in [0.5, 0.6) is 0 Å². The molecule has 2 heterocycles. The molecule has 4 rings (SSSR count). The molecule has 1 unspecified atom stereocenters. The second kappa shape index (κ2) is 7.82. The van der Waals surface area contributed by atoms with E-state index in [-0.39, 0.29) is 11.3 Å². The highest BCUT2D eigenvalue weighted by molar-refractivity contribution is 6.30. The SMILES string of the molecule is CC(C)N1CC2(CCN(C(=O)c3ccc(C#N)cc3)CC2)C1c1ccc(Cl)cc1. The molecule has 5 heteroatoms. The van der Waals surface area contributed by atoms with Crippen molar-refractivity contribution in [3.05, 3.63) is 70.2 Å². The number of carbonyl (C=O) groups excluding carboxylic acids is 1. The number of piperidine rings is 1. The maximum absolute atomic E-state index is 12.9. The van der Waals surface area contributed by atoms with E-state index in [0.717, 1.165) is 37.5 Å². The Kier molecular flexibility index (Phi) is 5.38. The molecule has 2 aliphatic heterocycles. The van der Waals surface area contributed by atoms with Gasteiger partial charge in [0, 0.05) is 47.7 Å². The van der Waals surface area contributed by atoms with E-state index in [1.807, 2.05) is 17.0 Å². The monoisotopic (exact) mass is 407 g/mol. The minimum absolute atomic E-state index is 0.0624. The van der Waals surface area contributed by atoms with Gasteiger partial charge in [0.05, 0.1) is 11.6 Å². The topological polar surface area (TPSA) is 47.3 Å². The number of carbonyl (C=O) groups is 1. The summed E-state index contributed by atoms with van der Waals surface area (Å²) in [5, 5.41) is 9.71. The molecule has 29 heavy (non-hydrogen) atoms. The van der Waals surface area contributed by atoms with Crippen molar-refractivity contribution in [1.82, 2.24) is 9.80 Å². The van der Waals surface area contributed by atoms with Crippen molar-refractivity contribution in [2.24, 2.45) is 5.41 Å². The molecule has 0 saturated carbocycles. The summed E-state index contributed by atoms with van der Waals surface area (Å²) in [7, 11) is 0. The van der Waals surface area contributed by atoms with E-state index in [1.54, 1.807) is 24.3 Å². The number of nitrogens with zero attached hydrogens (tertiary/aromatic N) is 3. The first-order valence-corrected chi connectivity index (χ1v) is 10.6. The summed E-state index contributed by atoms with van der Waals surface area (Å²) in [6.07, 6.45) is 2.01. The van der Waals surface area contributed by atoms with E-state index in [9.17, 15) is 4.79 Å². The van der Waals surface area contributed by atoms with E-state index >= 15 is 0 Å². The number of likely N-dealkylation sites (tertiary alicyclic amines) is 2. The average molecular weight is 408 g/mol. The molecule has 2 aliphatic rings. The van der Waals surface area contributed by atoms with E-state index in [0.29, 0.717) is 23.2 Å². The minimum Gasteiger partial charge on any atom is -0.339 e. The first-order valence-electron chi connectivity index (χ1n) is 10.2. The van der Waals surface area contributed by atoms with Crippen molar-refractivity contribution in [3.8, 4) is 6.07 Å². The third-order valence-corrected chi connectivity index (χ3v) is 6.82. The summed E-state index contributed by atoms with van der Waals surface area (Å²) >= 11 is 6.11. The molecule has 0 aliphatic carbocycles. The number of nitriles is 1. The van der Waals surface area contributed by atoms with E-state index in [2.05, 4.69) is 36.9 Å². The maximum atomic E-state index is 12.9. The van der Waals surface area contributed by atoms with Crippen molar-refractivity contribution < 1.29 is 4.79 Å². The van der Waals surface area contributed by atoms with E-state index in [1.165, 1.54) is 5.56 Å². The molecule has 0 bridgehead atoms. The fraction of sp³-hybridized carbons (Fsp3) is 0.417. The molecular weight excluding hydrogens is 382 g/mol. The van der Waals surface area contributed by atoms with Crippen LogP contribution in [0.2, 0.25) is 5.02 Å². The molecule has 2 fully saturated rings.